The lowest BCUT2D eigenvalue weighted by molar-refractivity contribution is 0.299. The maximum Gasteiger partial charge on any atom is 0.176 e. The van der Waals surface area contributed by atoms with E-state index in [9.17, 15) is 8.42 Å². The van der Waals surface area contributed by atoms with E-state index in [1.54, 1.807) is 18.2 Å². The summed E-state index contributed by atoms with van der Waals surface area (Å²) in [7, 11) is -3.17. The normalized spacial score (nSPS) is 11.6. The highest BCUT2D eigenvalue weighted by atomic mass is 79.9. The van der Waals surface area contributed by atoms with Crippen LogP contribution in [0.25, 0.3) is 0 Å². The molecule has 1 rings (SSSR count). The Morgan fingerprint density at radius 2 is 2.07 bits per heavy atom. The Kier molecular flexibility index (Phi) is 3.69. The molecule has 0 aromatic heterocycles. The Morgan fingerprint density at radius 3 is 2.50 bits per heavy atom. The van der Waals surface area contributed by atoms with Crippen LogP contribution in [-0.4, -0.2) is 26.4 Å². The van der Waals surface area contributed by atoms with Gasteiger partial charge in [-0.2, -0.15) is 0 Å². The summed E-state index contributed by atoms with van der Waals surface area (Å²) in [4.78, 5) is 0.277. The standard InChI is InChI=1S/C9H11BrO3S/c1-14(12,13)9-3-2-7(4-5-11)6-8(9)10/h2-3,6,11H,4-5H2,1H3. The molecule has 0 saturated carbocycles. The Balaban J connectivity index is 3.15. The van der Waals surface area contributed by atoms with Crippen molar-refractivity contribution in [3.05, 3.63) is 28.2 Å². The number of halogens is 1. The molecule has 0 radical (unpaired) electrons. The minimum atomic E-state index is -3.17. The average Bonchev–Trinajstić information content (AvgIpc) is 2.02. The van der Waals surface area contributed by atoms with Gasteiger partial charge in [0.15, 0.2) is 9.84 Å². The molecule has 0 amide bonds. The van der Waals surface area contributed by atoms with Crippen LogP contribution in [-0.2, 0) is 16.3 Å². The van der Waals surface area contributed by atoms with E-state index in [0.29, 0.717) is 10.9 Å². The van der Waals surface area contributed by atoms with Crippen molar-refractivity contribution in [1.82, 2.24) is 0 Å². The number of benzene rings is 1. The van der Waals surface area contributed by atoms with E-state index in [0.717, 1.165) is 5.56 Å². The first kappa shape index (κ1) is 11.7. The van der Waals surface area contributed by atoms with Crippen molar-refractivity contribution < 1.29 is 13.5 Å². The van der Waals surface area contributed by atoms with Crippen LogP contribution in [0.2, 0.25) is 0 Å². The smallest absolute Gasteiger partial charge is 0.176 e. The van der Waals surface area contributed by atoms with E-state index >= 15 is 0 Å². The van der Waals surface area contributed by atoms with Crippen LogP contribution in [0.3, 0.4) is 0 Å². The molecule has 3 nitrogen and oxygen atoms in total. The molecule has 0 bridgehead atoms. The summed E-state index contributed by atoms with van der Waals surface area (Å²) < 4.78 is 23.0. The second-order valence-electron chi connectivity index (χ2n) is 3.01. The van der Waals surface area contributed by atoms with Gasteiger partial charge in [0.2, 0.25) is 0 Å². The summed E-state index contributed by atoms with van der Waals surface area (Å²) in [6.45, 7) is 0.0602. The zero-order chi connectivity index (χ0) is 10.8. The van der Waals surface area contributed by atoms with Gasteiger partial charge < -0.3 is 5.11 Å². The fourth-order valence-electron chi connectivity index (χ4n) is 1.13. The predicted molar refractivity (Wildman–Crippen MR) is 58.0 cm³/mol. The van der Waals surface area contributed by atoms with Crippen LogP contribution in [0.5, 0.6) is 0 Å². The molecule has 0 atom stereocenters. The molecule has 1 aromatic carbocycles. The molecule has 14 heavy (non-hydrogen) atoms. The lowest BCUT2D eigenvalue weighted by Crippen LogP contribution is -1.99. The average molecular weight is 279 g/mol. The highest BCUT2D eigenvalue weighted by Crippen LogP contribution is 2.23. The minimum Gasteiger partial charge on any atom is -0.396 e. The van der Waals surface area contributed by atoms with E-state index in [1.165, 1.54) is 6.26 Å². The Bertz CT molecular complexity index is 426. The third-order valence-corrected chi connectivity index (χ3v) is 3.87. The highest BCUT2D eigenvalue weighted by Gasteiger charge is 2.11. The van der Waals surface area contributed by atoms with Crippen LogP contribution in [0, 0.1) is 0 Å². The van der Waals surface area contributed by atoms with Crippen LogP contribution < -0.4 is 0 Å². The molecule has 5 heteroatoms. The maximum absolute atomic E-state index is 11.2. The predicted octanol–water partition coefficient (Wildman–Crippen LogP) is 1.39. The molecule has 0 aliphatic heterocycles. The van der Waals surface area contributed by atoms with E-state index in [-0.39, 0.29) is 11.5 Å². The SMILES string of the molecule is CS(=O)(=O)c1ccc(CCO)cc1Br. The van der Waals surface area contributed by atoms with Crippen molar-refractivity contribution in [1.29, 1.82) is 0 Å². The van der Waals surface area contributed by atoms with Crippen LogP contribution in [0.4, 0.5) is 0 Å². The summed E-state index contributed by atoms with van der Waals surface area (Å²) >= 11 is 3.19. The van der Waals surface area contributed by atoms with Crippen molar-refractivity contribution in [2.24, 2.45) is 0 Å². The van der Waals surface area contributed by atoms with Gasteiger partial charge in [-0.3, -0.25) is 0 Å². The molecule has 0 aliphatic rings. The lowest BCUT2D eigenvalue weighted by atomic mass is 10.2. The van der Waals surface area contributed by atoms with Gasteiger partial charge in [0.1, 0.15) is 0 Å². The Hall–Kier alpha value is -0.390. The Labute approximate surface area is 91.8 Å². The number of hydrogen-bond donors (Lipinski definition) is 1. The van der Waals surface area contributed by atoms with Gasteiger partial charge in [0, 0.05) is 17.3 Å². The molecule has 78 valence electrons. The van der Waals surface area contributed by atoms with Gasteiger partial charge in [-0.1, -0.05) is 6.07 Å². The summed E-state index contributed by atoms with van der Waals surface area (Å²) in [5, 5.41) is 8.71. The first-order valence-electron chi connectivity index (χ1n) is 4.04. The van der Waals surface area contributed by atoms with Crippen molar-refractivity contribution in [3.63, 3.8) is 0 Å². The second kappa shape index (κ2) is 4.42. The maximum atomic E-state index is 11.2. The fraction of sp³-hybridized carbons (Fsp3) is 0.333. The topological polar surface area (TPSA) is 54.4 Å². The van der Waals surface area contributed by atoms with E-state index in [1.807, 2.05) is 0 Å². The van der Waals surface area contributed by atoms with Gasteiger partial charge in [0.25, 0.3) is 0 Å². The monoisotopic (exact) mass is 278 g/mol. The molecule has 0 spiro atoms. The van der Waals surface area contributed by atoms with Crippen molar-refractivity contribution in [2.45, 2.75) is 11.3 Å². The number of rotatable bonds is 3. The van der Waals surface area contributed by atoms with Crippen molar-refractivity contribution >= 4 is 25.8 Å². The van der Waals surface area contributed by atoms with Gasteiger partial charge in [-0.05, 0) is 40.0 Å². The quantitative estimate of drug-likeness (QED) is 0.909. The van der Waals surface area contributed by atoms with Gasteiger partial charge in [-0.25, -0.2) is 8.42 Å². The molecular weight excluding hydrogens is 268 g/mol. The minimum absolute atomic E-state index is 0.0602. The fourth-order valence-corrected chi connectivity index (χ4v) is 3.17. The number of aliphatic hydroxyl groups excluding tert-OH is 1. The molecular formula is C9H11BrO3S. The Morgan fingerprint density at radius 1 is 1.43 bits per heavy atom. The van der Waals surface area contributed by atoms with Gasteiger partial charge in [-0.15, -0.1) is 0 Å². The van der Waals surface area contributed by atoms with Crippen LogP contribution >= 0.6 is 15.9 Å². The molecule has 0 heterocycles. The molecule has 0 unspecified atom stereocenters. The van der Waals surface area contributed by atoms with Gasteiger partial charge >= 0.3 is 0 Å². The van der Waals surface area contributed by atoms with Crippen LogP contribution in [0.1, 0.15) is 5.56 Å². The summed E-state index contributed by atoms with van der Waals surface area (Å²) in [6.07, 6.45) is 1.70. The first-order valence-corrected chi connectivity index (χ1v) is 6.73. The molecule has 0 fully saturated rings. The van der Waals surface area contributed by atoms with Gasteiger partial charge in [0.05, 0.1) is 4.90 Å². The molecule has 0 saturated heterocycles. The van der Waals surface area contributed by atoms with Crippen molar-refractivity contribution in [3.8, 4) is 0 Å². The van der Waals surface area contributed by atoms with E-state index < -0.39 is 9.84 Å². The number of hydrogen-bond acceptors (Lipinski definition) is 3. The summed E-state index contributed by atoms with van der Waals surface area (Å²) in [6, 6.07) is 4.97. The van der Waals surface area contributed by atoms with E-state index in [4.69, 9.17) is 5.11 Å². The molecule has 1 aromatic rings. The summed E-state index contributed by atoms with van der Waals surface area (Å²) in [5.41, 5.74) is 0.909. The first-order chi connectivity index (χ1) is 6.45. The number of sulfone groups is 1. The highest BCUT2D eigenvalue weighted by molar-refractivity contribution is 9.10. The molecule has 1 N–H and O–H groups in total. The second-order valence-corrected chi connectivity index (χ2v) is 5.85. The largest absolute Gasteiger partial charge is 0.396 e. The number of aliphatic hydroxyl groups is 1. The van der Waals surface area contributed by atoms with Crippen molar-refractivity contribution in [2.75, 3.05) is 12.9 Å². The summed E-state index contributed by atoms with van der Waals surface area (Å²) in [5.74, 6) is 0. The zero-order valence-electron chi connectivity index (χ0n) is 7.70. The van der Waals surface area contributed by atoms with E-state index in [2.05, 4.69) is 15.9 Å². The third kappa shape index (κ3) is 2.80. The zero-order valence-corrected chi connectivity index (χ0v) is 10.1. The lowest BCUT2D eigenvalue weighted by Gasteiger charge is -2.04. The molecule has 0 aliphatic carbocycles. The third-order valence-electron chi connectivity index (χ3n) is 1.80. The van der Waals surface area contributed by atoms with Crippen LogP contribution in [0.15, 0.2) is 27.6 Å².